The van der Waals surface area contributed by atoms with Crippen molar-refractivity contribution in [2.75, 3.05) is 6.61 Å². The molecule has 0 aromatic carbocycles. The van der Waals surface area contributed by atoms with Gasteiger partial charge in [0.1, 0.15) is 0 Å². The second-order valence-corrected chi connectivity index (χ2v) is 6.95. The van der Waals surface area contributed by atoms with Gasteiger partial charge in [0, 0.05) is 30.8 Å². The summed E-state index contributed by atoms with van der Waals surface area (Å²) < 4.78 is 6.06. The van der Waals surface area contributed by atoms with Crippen molar-refractivity contribution in [1.29, 1.82) is 0 Å². The van der Waals surface area contributed by atoms with Gasteiger partial charge < -0.3 is 10.5 Å². The Morgan fingerprint density at radius 1 is 0.944 bits per heavy atom. The quantitative estimate of drug-likeness (QED) is 0.813. The minimum absolute atomic E-state index is 0.457. The van der Waals surface area contributed by atoms with Gasteiger partial charge in [-0.1, -0.05) is 6.42 Å². The lowest BCUT2D eigenvalue weighted by Gasteiger charge is -2.52. The second kappa shape index (κ2) is 4.46. The summed E-state index contributed by atoms with van der Waals surface area (Å²) in [6, 6.07) is 2.71. The molecule has 2 N–H and O–H groups in total. The van der Waals surface area contributed by atoms with E-state index >= 15 is 0 Å². The fourth-order valence-corrected chi connectivity index (χ4v) is 4.80. The molecule has 3 heteroatoms. The average molecular weight is 250 g/mol. The van der Waals surface area contributed by atoms with E-state index in [2.05, 4.69) is 4.90 Å². The Bertz CT molecular complexity index is 304. The minimum atomic E-state index is 0.457. The van der Waals surface area contributed by atoms with Gasteiger partial charge in [-0.15, -0.1) is 0 Å². The highest BCUT2D eigenvalue weighted by Crippen LogP contribution is 2.44. The van der Waals surface area contributed by atoms with Gasteiger partial charge in [0.2, 0.25) is 0 Å². The lowest BCUT2D eigenvalue weighted by atomic mass is 9.80. The summed E-state index contributed by atoms with van der Waals surface area (Å²) in [6.07, 6.45) is 11.3. The topological polar surface area (TPSA) is 38.5 Å². The predicted octanol–water partition coefficient (Wildman–Crippen LogP) is 1.90. The number of fused-ring (bicyclic) bond motifs is 2. The smallest absolute Gasteiger partial charge is 0.0759 e. The van der Waals surface area contributed by atoms with Gasteiger partial charge in [0.25, 0.3) is 0 Å². The van der Waals surface area contributed by atoms with Crippen molar-refractivity contribution < 1.29 is 4.74 Å². The first kappa shape index (κ1) is 11.7. The molecule has 1 saturated carbocycles. The molecular weight excluding hydrogens is 224 g/mol. The molecule has 1 aliphatic carbocycles. The van der Waals surface area contributed by atoms with E-state index < -0.39 is 0 Å². The van der Waals surface area contributed by atoms with Crippen LogP contribution in [0.1, 0.15) is 51.4 Å². The largest absolute Gasteiger partial charge is 0.376 e. The van der Waals surface area contributed by atoms with Gasteiger partial charge in [0.05, 0.1) is 6.10 Å². The molecule has 3 saturated heterocycles. The molecule has 18 heavy (non-hydrogen) atoms. The van der Waals surface area contributed by atoms with Crippen LogP contribution in [0.5, 0.6) is 0 Å². The summed E-state index contributed by atoms with van der Waals surface area (Å²) >= 11 is 0. The van der Waals surface area contributed by atoms with E-state index in [9.17, 15) is 0 Å². The van der Waals surface area contributed by atoms with Crippen LogP contribution in [-0.2, 0) is 4.74 Å². The summed E-state index contributed by atoms with van der Waals surface area (Å²) in [6.45, 7) is 0.994. The van der Waals surface area contributed by atoms with Gasteiger partial charge >= 0.3 is 0 Å². The second-order valence-electron chi connectivity index (χ2n) is 6.95. The van der Waals surface area contributed by atoms with Gasteiger partial charge in [-0.25, -0.2) is 0 Å². The predicted molar refractivity (Wildman–Crippen MR) is 71.3 cm³/mol. The highest BCUT2D eigenvalue weighted by molar-refractivity contribution is 5.02. The number of ether oxygens (including phenoxy) is 1. The summed E-state index contributed by atoms with van der Waals surface area (Å²) in [5.74, 6) is 0.883. The fourth-order valence-electron chi connectivity index (χ4n) is 4.80. The van der Waals surface area contributed by atoms with Crippen molar-refractivity contribution in [3.8, 4) is 0 Å². The van der Waals surface area contributed by atoms with E-state index in [1.165, 1.54) is 51.4 Å². The molecule has 3 nitrogen and oxygen atoms in total. The first-order chi connectivity index (χ1) is 8.83. The Kier molecular flexibility index (Phi) is 2.90. The van der Waals surface area contributed by atoms with Crippen LogP contribution in [0, 0.1) is 5.92 Å². The molecule has 3 heterocycles. The number of piperidine rings is 2. The third-order valence-corrected chi connectivity index (χ3v) is 5.64. The molecule has 0 radical (unpaired) electrons. The van der Waals surface area contributed by atoms with Crippen molar-refractivity contribution >= 4 is 0 Å². The van der Waals surface area contributed by atoms with Gasteiger partial charge in [-0.05, 0) is 50.9 Å². The third-order valence-electron chi connectivity index (χ3n) is 5.64. The lowest BCUT2D eigenvalue weighted by molar-refractivity contribution is -0.0392. The standard InChI is InChI=1S/C15H26N2O/c16-11-8-12-2-1-3-13(9-11)17(12)14-6-7-18-15(14)10-4-5-10/h10-15H,1-9,16H2. The average Bonchev–Trinajstić information content (AvgIpc) is 3.07. The first-order valence-electron chi connectivity index (χ1n) is 7.97. The molecule has 4 fully saturated rings. The highest BCUT2D eigenvalue weighted by Gasteiger charge is 2.48. The molecule has 4 unspecified atom stereocenters. The summed E-state index contributed by atoms with van der Waals surface area (Å²) in [7, 11) is 0. The van der Waals surface area contributed by atoms with Crippen LogP contribution in [0.15, 0.2) is 0 Å². The zero-order valence-electron chi connectivity index (χ0n) is 11.3. The van der Waals surface area contributed by atoms with Gasteiger partial charge in [-0.2, -0.15) is 0 Å². The molecule has 4 aliphatic rings. The number of hydrogen-bond acceptors (Lipinski definition) is 3. The maximum absolute atomic E-state index is 6.23. The molecule has 0 aromatic rings. The minimum Gasteiger partial charge on any atom is -0.376 e. The summed E-state index contributed by atoms with van der Waals surface area (Å²) in [5, 5.41) is 0. The molecule has 2 bridgehead atoms. The number of nitrogens with two attached hydrogens (primary N) is 1. The van der Waals surface area contributed by atoms with Crippen molar-refractivity contribution in [3.63, 3.8) is 0 Å². The summed E-state index contributed by atoms with van der Waals surface area (Å²) in [4.78, 5) is 2.86. The Balaban J connectivity index is 1.55. The normalized spacial score (nSPS) is 49.5. The molecule has 0 spiro atoms. The van der Waals surface area contributed by atoms with Gasteiger partial charge in [-0.3, -0.25) is 4.90 Å². The van der Waals surface area contributed by atoms with E-state index in [0.29, 0.717) is 12.1 Å². The molecule has 4 rings (SSSR count). The Morgan fingerprint density at radius 3 is 2.33 bits per heavy atom. The van der Waals surface area contributed by atoms with E-state index in [1.807, 2.05) is 0 Å². The fraction of sp³-hybridized carbons (Fsp3) is 1.00. The zero-order chi connectivity index (χ0) is 12.1. The van der Waals surface area contributed by atoms with Crippen molar-refractivity contribution in [1.82, 2.24) is 4.90 Å². The van der Waals surface area contributed by atoms with Crippen LogP contribution in [0.3, 0.4) is 0 Å². The highest BCUT2D eigenvalue weighted by atomic mass is 16.5. The van der Waals surface area contributed by atoms with E-state index in [4.69, 9.17) is 10.5 Å². The first-order valence-corrected chi connectivity index (χ1v) is 7.97. The zero-order valence-corrected chi connectivity index (χ0v) is 11.3. The molecule has 102 valence electrons. The van der Waals surface area contributed by atoms with Crippen LogP contribution >= 0.6 is 0 Å². The van der Waals surface area contributed by atoms with E-state index in [1.54, 1.807) is 0 Å². The van der Waals surface area contributed by atoms with Crippen LogP contribution in [0.2, 0.25) is 0 Å². The van der Waals surface area contributed by atoms with Crippen LogP contribution in [-0.4, -0.2) is 41.8 Å². The molecule has 0 amide bonds. The van der Waals surface area contributed by atoms with Crippen LogP contribution in [0.4, 0.5) is 0 Å². The van der Waals surface area contributed by atoms with Crippen LogP contribution in [0.25, 0.3) is 0 Å². The van der Waals surface area contributed by atoms with Gasteiger partial charge in [0.15, 0.2) is 0 Å². The number of nitrogens with zero attached hydrogens (tertiary/aromatic N) is 1. The van der Waals surface area contributed by atoms with Crippen molar-refractivity contribution in [2.24, 2.45) is 11.7 Å². The Labute approximate surface area is 110 Å². The molecule has 3 aliphatic heterocycles. The van der Waals surface area contributed by atoms with E-state index in [0.717, 1.165) is 30.7 Å². The number of hydrogen-bond donors (Lipinski definition) is 1. The monoisotopic (exact) mass is 250 g/mol. The van der Waals surface area contributed by atoms with Crippen molar-refractivity contribution in [2.45, 2.75) is 81.6 Å². The van der Waals surface area contributed by atoms with E-state index in [-0.39, 0.29) is 0 Å². The molecular formula is C15H26N2O. The summed E-state index contributed by atoms with van der Waals surface area (Å²) in [5.41, 5.74) is 6.23. The Hall–Kier alpha value is -0.120. The maximum Gasteiger partial charge on any atom is 0.0759 e. The molecule has 0 aromatic heterocycles. The Morgan fingerprint density at radius 2 is 1.67 bits per heavy atom. The third kappa shape index (κ3) is 1.91. The lowest BCUT2D eigenvalue weighted by Crippen LogP contribution is -2.60. The SMILES string of the molecule is NC1CC2CCCC(C1)N2C1CCOC1C1CC1. The van der Waals surface area contributed by atoms with Crippen molar-refractivity contribution in [3.05, 3.63) is 0 Å². The number of rotatable bonds is 2. The van der Waals surface area contributed by atoms with Crippen LogP contribution < -0.4 is 5.73 Å². The molecule has 4 atom stereocenters. The maximum atomic E-state index is 6.23.